The van der Waals surface area contributed by atoms with Crippen LogP contribution in [0.5, 0.6) is 0 Å². The summed E-state index contributed by atoms with van der Waals surface area (Å²) in [7, 11) is 0. The Morgan fingerprint density at radius 3 is 3.06 bits per heavy atom. The normalized spacial score (nSPS) is 10.8. The lowest BCUT2D eigenvalue weighted by molar-refractivity contribution is 0.626. The zero-order valence-corrected chi connectivity index (χ0v) is 11.3. The quantitative estimate of drug-likeness (QED) is 0.809. The Labute approximate surface area is 111 Å². The Hall–Kier alpha value is -1.26. The summed E-state index contributed by atoms with van der Waals surface area (Å²) in [6, 6.07) is 6.70. The Balaban J connectivity index is 1.94. The standard InChI is InChI=1S/C14H17FN2S/c1-2-6-16-9-13-10-17-14(18-13)8-11-4-3-5-12(15)7-11/h3-5,7,10,16H,2,6,8-9H2,1H3. The summed E-state index contributed by atoms with van der Waals surface area (Å²) in [6.07, 6.45) is 3.74. The van der Waals surface area contributed by atoms with Gasteiger partial charge in [-0.2, -0.15) is 0 Å². The Morgan fingerprint density at radius 2 is 2.28 bits per heavy atom. The fourth-order valence-electron chi connectivity index (χ4n) is 1.72. The van der Waals surface area contributed by atoms with E-state index < -0.39 is 0 Å². The third-order valence-corrected chi connectivity index (χ3v) is 3.57. The SMILES string of the molecule is CCCNCc1cnc(Cc2cccc(F)c2)s1. The van der Waals surface area contributed by atoms with E-state index in [9.17, 15) is 4.39 Å². The number of rotatable bonds is 6. The summed E-state index contributed by atoms with van der Waals surface area (Å²) < 4.78 is 13.1. The topological polar surface area (TPSA) is 24.9 Å². The summed E-state index contributed by atoms with van der Waals surface area (Å²) in [6.45, 7) is 4.04. The van der Waals surface area contributed by atoms with Crippen molar-refractivity contribution in [2.45, 2.75) is 26.3 Å². The predicted octanol–water partition coefficient (Wildman–Crippen LogP) is 3.37. The molecular weight excluding hydrogens is 247 g/mol. The molecule has 2 rings (SSSR count). The van der Waals surface area contributed by atoms with Crippen LogP contribution in [-0.4, -0.2) is 11.5 Å². The van der Waals surface area contributed by atoms with Gasteiger partial charge in [0.05, 0.1) is 5.01 Å². The first-order chi connectivity index (χ1) is 8.78. The fraction of sp³-hybridized carbons (Fsp3) is 0.357. The monoisotopic (exact) mass is 264 g/mol. The van der Waals surface area contributed by atoms with Crippen molar-refractivity contribution < 1.29 is 4.39 Å². The zero-order chi connectivity index (χ0) is 12.8. The first kappa shape index (κ1) is 13.2. The van der Waals surface area contributed by atoms with Gasteiger partial charge in [0.1, 0.15) is 5.82 Å². The van der Waals surface area contributed by atoms with Gasteiger partial charge < -0.3 is 5.32 Å². The summed E-state index contributed by atoms with van der Waals surface area (Å²) >= 11 is 1.69. The van der Waals surface area contributed by atoms with Crippen molar-refractivity contribution in [2.24, 2.45) is 0 Å². The van der Waals surface area contributed by atoms with Crippen LogP contribution in [0.4, 0.5) is 4.39 Å². The second-order valence-electron chi connectivity index (χ2n) is 4.20. The van der Waals surface area contributed by atoms with Gasteiger partial charge >= 0.3 is 0 Å². The molecule has 2 nitrogen and oxygen atoms in total. The van der Waals surface area contributed by atoms with E-state index in [0.717, 1.165) is 30.1 Å². The Kier molecular flexibility index (Phi) is 4.84. The van der Waals surface area contributed by atoms with Gasteiger partial charge in [0, 0.05) is 24.0 Å². The lowest BCUT2D eigenvalue weighted by Gasteiger charge is -1.99. The van der Waals surface area contributed by atoms with Crippen LogP contribution in [0.1, 0.15) is 28.8 Å². The number of halogens is 1. The van der Waals surface area contributed by atoms with E-state index in [1.807, 2.05) is 12.3 Å². The third kappa shape index (κ3) is 3.89. The van der Waals surface area contributed by atoms with Crippen molar-refractivity contribution in [1.29, 1.82) is 0 Å². The molecule has 96 valence electrons. The van der Waals surface area contributed by atoms with Crippen molar-refractivity contribution in [3.63, 3.8) is 0 Å². The lowest BCUT2D eigenvalue weighted by Crippen LogP contribution is -2.12. The number of aromatic nitrogens is 1. The van der Waals surface area contributed by atoms with Gasteiger partial charge in [0.25, 0.3) is 0 Å². The van der Waals surface area contributed by atoms with Gasteiger partial charge in [-0.1, -0.05) is 19.1 Å². The molecule has 0 aliphatic heterocycles. The molecule has 0 saturated carbocycles. The number of hydrogen-bond acceptors (Lipinski definition) is 3. The maximum Gasteiger partial charge on any atom is 0.123 e. The van der Waals surface area contributed by atoms with Crippen LogP contribution in [0.15, 0.2) is 30.5 Å². The van der Waals surface area contributed by atoms with Crippen molar-refractivity contribution in [3.8, 4) is 0 Å². The molecule has 0 fully saturated rings. The van der Waals surface area contributed by atoms with E-state index in [1.165, 1.54) is 10.9 Å². The number of hydrogen-bond donors (Lipinski definition) is 1. The highest BCUT2D eigenvalue weighted by atomic mass is 32.1. The van der Waals surface area contributed by atoms with Gasteiger partial charge in [0.2, 0.25) is 0 Å². The molecule has 4 heteroatoms. The van der Waals surface area contributed by atoms with Crippen LogP contribution in [0.3, 0.4) is 0 Å². The lowest BCUT2D eigenvalue weighted by atomic mass is 10.1. The molecular formula is C14H17FN2S. The van der Waals surface area contributed by atoms with E-state index in [0.29, 0.717) is 6.42 Å². The first-order valence-electron chi connectivity index (χ1n) is 6.16. The van der Waals surface area contributed by atoms with Crippen molar-refractivity contribution in [3.05, 3.63) is 51.7 Å². The minimum atomic E-state index is -0.186. The molecule has 0 radical (unpaired) electrons. The van der Waals surface area contributed by atoms with Gasteiger partial charge in [-0.25, -0.2) is 9.37 Å². The Bertz CT molecular complexity index is 496. The van der Waals surface area contributed by atoms with Crippen LogP contribution in [0.2, 0.25) is 0 Å². The molecule has 2 aromatic rings. The highest BCUT2D eigenvalue weighted by molar-refractivity contribution is 7.11. The van der Waals surface area contributed by atoms with Gasteiger partial charge in [-0.05, 0) is 30.7 Å². The number of nitrogens with zero attached hydrogens (tertiary/aromatic N) is 1. The van der Waals surface area contributed by atoms with Crippen molar-refractivity contribution in [1.82, 2.24) is 10.3 Å². The van der Waals surface area contributed by atoms with Gasteiger partial charge in [-0.3, -0.25) is 0 Å². The van der Waals surface area contributed by atoms with E-state index >= 15 is 0 Å². The van der Waals surface area contributed by atoms with Crippen LogP contribution >= 0.6 is 11.3 Å². The smallest absolute Gasteiger partial charge is 0.123 e. The van der Waals surface area contributed by atoms with E-state index in [4.69, 9.17) is 0 Å². The van der Waals surface area contributed by atoms with Crippen LogP contribution in [-0.2, 0) is 13.0 Å². The molecule has 0 aliphatic carbocycles. The second kappa shape index (κ2) is 6.61. The summed E-state index contributed by atoms with van der Waals surface area (Å²) in [5.41, 5.74) is 0.970. The summed E-state index contributed by atoms with van der Waals surface area (Å²) in [4.78, 5) is 5.61. The molecule has 0 bridgehead atoms. The molecule has 1 aromatic carbocycles. The molecule has 1 heterocycles. The highest BCUT2D eigenvalue weighted by Gasteiger charge is 2.03. The molecule has 0 unspecified atom stereocenters. The van der Waals surface area contributed by atoms with Crippen LogP contribution < -0.4 is 5.32 Å². The minimum absolute atomic E-state index is 0.186. The van der Waals surface area contributed by atoms with Crippen LogP contribution in [0, 0.1) is 5.82 Å². The molecule has 0 spiro atoms. The molecule has 0 saturated heterocycles. The average molecular weight is 264 g/mol. The molecule has 1 N–H and O–H groups in total. The van der Waals surface area contributed by atoms with E-state index in [2.05, 4.69) is 17.2 Å². The summed E-state index contributed by atoms with van der Waals surface area (Å²) in [5, 5.41) is 4.38. The maximum atomic E-state index is 13.1. The minimum Gasteiger partial charge on any atom is -0.312 e. The van der Waals surface area contributed by atoms with Gasteiger partial charge in [-0.15, -0.1) is 11.3 Å². The maximum absolute atomic E-state index is 13.1. The number of nitrogens with one attached hydrogen (secondary N) is 1. The molecule has 0 aliphatic rings. The number of benzene rings is 1. The largest absolute Gasteiger partial charge is 0.312 e. The molecule has 0 atom stereocenters. The van der Waals surface area contributed by atoms with Crippen molar-refractivity contribution >= 4 is 11.3 Å². The fourth-order valence-corrected chi connectivity index (χ4v) is 2.65. The highest BCUT2D eigenvalue weighted by Crippen LogP contribution is 2.17. The Morgan fingerprint density at radius 1 is 1.39 bits per heavy atom. The summed E-state index contributed by atoms with van der Waals surface area (Å²) in [5.74, 6) is -0.186. The second-order valence-corrected chi connectivity index (χ2v) is 5.40. The first-order valence-corrected chi connectivity index (χ1v) is 6.98. The zero-order valence-electron chi connectivity index (χ0n) is 10.4. The molecule has 1 aromatic heterocycles. The van der Waals surface area contributed by atoms with Crippen molar-refractivity contribution in [2.75, 3.05) is 6.54 Å². The molecule has 0 amide bonds. The predicted molar refractivity (Wildman–Crippen MR) is 73.3 cm³/mol. The van der Waals surface area contributed by atoms with Crippen LogP contribution in [0.25, 0.3) is 0 Å². The van der Waals surface area contributed by atoms with E-state index in [1.54, 1.807) is 23.5 Å². The number of thiazole rings is 1. The average Bonchev–Trinajstić information content (AvgIpc) is 2.77. The van der Waals surface area contributed by atoms with Gasteiger partial charge in [0.15, 0.2) is 0 Å². The molecule has 18 heavy (non-hydrogen) atoms. The third-order valence-electron chi connectivity index (χ3n) is 2.57. The van der Waals surface area contributed by atoms with E-state index in [-0.39, 0.29) is 5.82 Å².